The van der Waals surface area contributed by atoms with Gasteiger partial charge in [0.05, 0.1) is 6.42 Å². The molecule has 0 atom stereocenters. The summed E-state index contributed by atoms with van der Waals surface area (Å²) < 4.78 is 1.52. The Morgan fingerprint density at radius 1 is 1.62 bits per heavy atom. The second-order valence-electron chi connectivity index (χ2n) is 2.73. The highest BCUT2D eigenvalue weighted by Crippen LogP contribution is 1.95. The lowest BCUT2D eigenvalue weighted by Gasteiger charge is -2.01. The fourth-order valence-corrected chi connectivity index (χ4v) is 1.09. The van der Waals surface area contributed by atoms with Crippen LogP contribution in [0.4, 0.5) is 0 Å². The van der Waals surface area contributed by atoms with Crippen LogP contribution in [-0.2, 0) is 17.8 Å². The topological polar surface area (TPSA) is 59.3 Å². The second kappa shape index (κ2) is 3.89. The summed E-state index contributed by atoms with van der Waals surface area (Å²) in [7, 11) is 0. The van der Waals surface area contributed by atoms with Gasteiger partial charge in [0.1, 0.15) is 0 Å². The molecule has 70 valence electrons. The fourth-order valence-electron chi connectivity index (χ4n) is 1.09. The van der Waals surface area contributed by atoms with Gasteiger partial charge in [0.25, 0.3) is 5.56 Å². The molecule has 1 aromatic heterocycles. The van der Waals surface area contributed by atoms with Crippen molar-refractivity contribution in [1.82, 2.24) is 4.57 Å². The minimum Gasteiger partial charge on any atom is -0.481 e. The smallest absolute Gasteiger partial charge is 0.307 e. The highest BCUT2D eigenvalue weighted by molar-refractivity contribution is 5.69. The van der Waals surface area contributed by atoms with Crippen molar-refractivity contribution in [1.29, 1.82) is 0 Å². The largest absolute Gasteiger partial charge is 0.481 e. The van der Waals surface area contributed by atoms with E-state index in [1.807, 2.05) is 6.92 Å². The maximum absolute atomic E-state index is 11.2. The Morgan fingerprint density at radius 3 is 2.77 bits per heavy atom. The molecule has 0 unspecified atom stereocenters. The first-order valence-electron chi connectivity index (χ1n) is 4.04. The molecule has 13 heavy (non-hydrogen) atoms. The molecule has 4 heteroatoms. The molecule has 0 aliphatic rings. The third kappa shape index (κ3) is 2.43. The van der Waals surface area contributed by atoms with Gasteiger partial charge in [0.15, 0.2) is 0 Å². The van der Waals surface area contributed by atoms with E-state index >= 15 is 0 Å². The lowest BCUT2D eigenvalue weighted by atomic mass is 10.2. The maximum Gasteiger partial charge on any atom is 0.307 e. The van der Waals surface area contributed by atoms with Crippen LogP contribution in [0, 0.1) is 0 Å². The summed E-state index contributed by atoms with van der Waals surface area (Å²) in [6.07, 6.45) is 1.51. The molecule has 1 N–H and O–H groups in total. The molecule has 0 amide bonds. The number of rotatable bonds is 3. The predicted octanol–water partition coefficient (Wildman–Crippen LogP) is 0.495. The van der Waals surface area contributed by atoms with Gasteiger partial charge < -0.3 is 9.67 Å². The SMILES string of the molecule is CCn1ccc(CC(=O)O)cc1=O. The molecule has 0 aromatic carbocycles. The summed E-state index contributed by atoms with van der Waals surface area (Å²) >= 11 is 0. The first kappa shape index (κ1) is 9.51. The van der Waals surface area contributed by atoms with Crippen LogP contribution < -0.4 is 5.56 Å². The number of hydrogen-bond acceptors (Lipinski definition) is 2. The molecule has 0 saturated heterocycles. The van der Waals surface area contributed by atoms with Gasteiger partial charge in [-0.25, -0.2) is 0 Å². The molecule has 0 fully saturated rings. The zero-order valence-corrected chi connectivity index (χ0v) is 7.36. The number of carbonyl (C=O) groups is 1. The third-order valence-corrected chi connectivity index (χ3v) is 1.76. The van der Waals surface area contributed by atoms with Crippen LogP contribution in [0.2, 0.25) is 0 Å². The van der Waals surface area contributed by atoms with Crippen molar-refractivity contribution in [3.8, 4) is 0 Å². The predicted molar refractivity (Wildman–Crippen MR) is 47.7 cm³/mol. The first-order valence-corrected chi connectivity index (χ1v) is 4.04. The molecule has 0 spiro atoms. The molecular formula is C9H11NO3. The average Bonchev–Trinajstić information content (AvgIpc) is 2.03. The number of aryl methyl sites for hydroxylation is 1. The molecule has 4 nitrogen and oxygen atoms in total. The molecule has 0 saturated carbocycles. The van der Waals surface area contributed by atoms with Gasteiger partial charge in [-0.1, -0.05) is 0 Å². The number of carboxylic acid groups (broad SMARTS) is 1. The summed E-state index contributed by atoms with van der Waals surface area (Å²) in [5.41, 5.74) is 0.392. The van der Waals surface area contributed by atoms with Crippen LogP contribution in [-0.4, -0.2) is 15.6 Å². The minimum absolute atomic E-state index is 0.0974. The Balaban J connectivity index is 2.96. The summed E-state index contributed by atoms with van der Waals surface area (Å²) in [5, 5.41) is 8.48. The van der Waals surface area contributed by atoms with Crippen molar-refractivity contribution in [3.05, 3.63) is 34.2 Å². The van der Waals surface area contributed by atoms with Crippen LogP contribution in [0.3, 0.4) is 0 Å². The Bertz CT molecular complexity index is 367. The van der Waals surface area contributed by atoms with E-state index < -0.39 is 5.97 Å². The summed E-state index contributed by atoms with van der Waals surface area (Å²) in [6.45, 7) is 2.46. The van der Waals surface area contributed by atoms with Gasteiger partial charge in [0, 0.05) is 18.8 Å². The Hall–Kier alpha value is -1.58. The lowest BCUT2D eigenvalue weighted by molar-refractivity contribution is -0.136. The van der Waals surface area contributed by atoms with E-state index in [1.165, 1.54) is 10.6 Å². The van der Waals surface area contributed by atoms with Gasteiger partial charge >= 0.3 is 5.97 Å². The molecule has 1 rings (SSSR count). The second-order valence-corrected chi connectivity index (χ2v) is 2.73. The molecule has 0 radical (unpaired) electrons. The number of aromatic nitrogens is 1. The van der Waals surface area contributed by atoms with Crippen molar-refractivity contribution >= 4 is 5.97 Å². The van der Waals surface area contributed by atoms with Crippen LogP contribution in [0.1, 0.15) is 12.5 Å². The quantitative estimate of drug-likeness (QED) is 0.738. The van der Waals surface area contributed by atoms with Crippen LogP contribution in [0.15, 0.2) is 23.1 Å². The fraction of sp³-hybridized carbons (Fsp3) is 0.333. The molecule has 0 aliphatic carbocycles. The maximum atomic E-state index is 11.2. The van der Waals surface area contributed by atoms with Crippen LogP contribution >= 0.6 is 0 Å². The number of aliphatic carboxylic acids is 1. The first-order chi connectivity index (χ1) is 6.13. The zero-order valence-electron chi connectivity index (χ0n) is 7.36. The minimum atomic E-state index is -0.923. The van der Waals surface area contributed by atoms with E-state index in [0.717, 1.165) is 0 Å². The molecule has 1 aromatic rings. The van der Waals surface area contributed by atoms with Gasteiger partial charge in [-0.3, -0.25) is 9.59 Å². The van der Waals surface area contributed by atoms with E-state index in [1.54, 1.807) is 12.3 Å². The Labute approximate surface area is 75.4 Å². The number of pyridine rings is 1. The van der Waals surface area contributed by atoms with E-state index in [9.17, 15) is 9.59 Å². The monoisotopic (exact) mass is 181 g/mol. The van der Waals surface area contributed by atoms with Gasteiger partial charge in [0.2, 0.25) is 0 Å². The number of carboxylic acids is 1. The van der Waals surface area contributed by atoms with Crippen LogP contribution in [0.5, 0.6) is 0 Å². The third-order valence-electron chi connectivity index (χ3n) is 1.76. The lowest BCUT2D eigenvalue weighted by Crippen LogP contribution is -2.18. The van der Waals surface area contributed by atoms with E-state index in [4.69, 9.17) is 5.11 Å². The Kier molecular flexibility index (Phi) is 2.84. The van der Waals surface area contributed by atoms with Crippen molar-refractivity contribution < 1.29 is 9.90 Å². The summed E-state index contributed by atoms with van der Waals surface area (Å²) in [6, 6.07) is 3.01. The van der Waals surface area contributed by atoms with Gasteiger partial charge in [-0.15, -0.1) is 0 Å². The van der Waals surface area contributed by atoms with E-state index in [2.05, 4.69) is 0 Å². The van der Waals surface area contributed by atoms with Crippen molar-refractivity contribution in [2.75, 3.05) is 0 Å². The highest BCUT2D eigenvalue weighted by atomic mass is 16.4. The van der Waals surface area contributed by atoms with Crippen molar-refractivity contribution in [3.63, 3.8) is 0 Å². The summed E-state index contributed by atoms with van der Waals surface area (Å²) in [4.78, 5) is 21.5. The molecule has 0 bridgehead atoms. The van der Waals surface area contributed by atoms with E-state index in [0.29, 0.717) is 12.1 Å². The molecule has 0 aliphatic heterocycles. The normalized spacial score (nSPS) is 9.92. The van der Waals surface area contributed by atoms with Gasteiger partial charge in [-0.05, 0) is 18.6 Å². The van der Waals surface area contributed by atoms with E-state index in [-0.39, 0.29) is 12.0 Å². The molecule has 1 heterocycles. The number of hydrogen-bond donors (Lipinski definition) is 1. The average molecular weight is 181 g/mol. The Morgan fingerprint density at radius 2 is 2.31 bits per heavy atom. The van der Waals surface area contributed by atoms with Gasteiger partial charge in [-0.2, -0.15) is 0 Å². The standard InChI is InChI=1S/C9H11NO3/c1-2-10-4-3-7(5-8(10)11)6-9(12)13/h3-5H,2,6H2,1H3,(H,12,13). The zero-order chi connectivity index (χ0) is 9.84. The van der Waals surface area contributed by atoms with Crippen molar-refractivity contribution in [2.24, 2.45) is 0 Å². The summed E-state index contributed by atoms with van der Waals surface area (Å²) in [5.74, 6) is -0.923. The van der Waals surface area contributed by atoms with Crippen LogP contribution in [0.25, 0.3) is 0 Å². The van der Waals surface area contributed by atoms with Crippen molar-refractivity contribution in [2.45, 2.75) is 19.9 Å². The number of nitrogens with zero attached hydrogens (tertiary/aromatic N) is 1. The highest BCUT2D eigenvalue weighted by Gasteiger charge is 2.01. The molecular weight excluding hydrogens is 170 g/mol.